The molecule has 1 N–H and O–H groups in total. The van der Waals surface area contributed by atoms with Gasteiger partial charge in [0.05, 0.1) is 22.0 Å². The molecule has 184 valence electrons. The maximum absolute atomic E-state index is 13.2. The van der Waals surface area contributed by atoms with E-state index in [1.54, 1.807) is 30.3 Å². The fourth-order valence-corrected chi connectivity index (χ4v) is 6.54. The van der Waals surface area contributed by atoms with Gasteiger partial charge in [0, 0.05) is 24.3 Å². The summed E-state index contributed by atoms with van der Waals surface area (Å²) in [5, 5.41) is 3.11. The van der Waals surface area contributed by atoms with Gasteiger partial charge in [0.2, 0.25) is 15.9 Å². The summed E-state index contributed by atoms with van der Waals surface area (Å²) in [6, 6.07) is 17.3. The van der Waals surface area contributed by atoms with E-state index in [0.29, 0.717) is 22.8 Å². The molecule has 0 aromatic heterocycles. The van der Waals surface area contributed by atoms with Crippen molar-refractivity contribution >= 4 is 48.9 Å². The predicted molar refractivity (Wildman–Crippen MR) is 136 cm³/mol. The molecule has 0 bridgehead atoms. The maximum atomic E-state index is 13.2. The van der Waals surface area contributed by atoms with Crippen molar-refractivity contribution in [3.8, 4) is 0 Å². The smallest absolute Gasteiger partial charge is 0.264 e. The molecule has 4 rings (SSSR count). The topological polar surface area (TPSA) is 104 Å². The molecule has 0 spiro atoms. The van der Waals surface area contributed by atoms with Crippen LogP contribution in [0.2, 0.25) is 5.02 Å². The third-order valence-electron chi connectivity index (χ3n) is 5.72. The first-order valence-corrected chi connectivity index (χ1v) is 14.0. The zero-order valence-electron chi connectivity index (χ0n) is 19.1. The first-order valence-electron chi connectivity index (χ1n) is 10.7. The van der Waals surface area contributed by atoms with Crippen LogP contribution in [0.4, 0.5) is 11.4 Å². The van der Waals surface area contributed by atoms with E-state index < -0.39 is 32.5 Å². The second-order valence-electron chi connectivity index (χ2n) is 8.25. The molecule has 0 saturated heterocycles. The van der Waals surface area contributed by atoms with E-state index in [1.165, 1.54) is 47.8 Å². The van der Waals surface area contributed by atoms with Crippen LogP contribution in [-0.4, -0.2) is 47.2 Å². The Hall–Kier alpha value is -2.92. The fourth-order valence-electron chi connectivity index (χ4n) is 3.79. The first kappa shape index (κ1) is 25.2. The van der Waals surface area contributed by atoms with Gasteiger partial charge >= 0.3 is 0 Å². The van der Waals surface area contributed by atoms with Gasteiger partial charge in [0.1, 0.15) is 0 Å². The molecular weight excluding hydrogens is 510 g/mol. The molecule has 1 aliphatic rings. The Morgan fingerprint density at radius 3 is 2.26 bits per heavy atom. The lowest BCUT2D eigenvalue weighted by atomic mass is 10.1. The van der Waals surface area contributed by atoms with Crippen molar-refractivity contribution in [2.45, 2.75) is 23.1 Å². The van der Waals surface area contributed by atoms with Crippen molar-refractivity contribution in [3.05, 3.63) is 82.9 Å². The van der Waals surface area contributed by atoms with Gasteiger partial charge in [-0.25, -0.2) is 16.8 Å². The molecule has 0 aliphatic carbocycles. The molecule has 8 nitrogen and oxygen atoms in total. The van der Waals surface area contributed by atoms with E-state index in [2.05, 4.69) is 5.32 Å². The second-order valence-corrected chi connectivity index (χ2v) is 12.6. The van der Waals surface area contributed by atoms with E-state index in [0.717, 1.165) is 15.4 Å². The van der Waals surface area contributed by atoms with E-state index >= 15 is 0 Å². The molecule has 3 aromatic rings. The maximum Gasteiger partial charge on any atom is 0.264 e. The number of hydrogen-bond donors (Lipinski definition) is 1. The highest BCUT2D eigenvalue weighted by atomic mass is 35.5. The van der Waals surface area contributed by atoms with Crippen molar-refractivity contribution in [2.75, 3.05) is 29.8 Å². The number of sulfonamides is 2. The Kier molecular flexibility index (Phi) is 6.92. The number of carbonyl (C=O) groups is 1. The lowest BCUT2D eigenvalue weighted by Crippen LogP contribution is -2.35. The van der Waals surface area contributed by atoms with Crippen LogP contribution < -0.4 is 9.62 Å². The third-order valence-corrected chi connectivity index (χ3v) is 9.62. The molecule has 1 aliphatic heterocycles. The number of halogens is 1. The average molecular weight is 534 g/mol. The van der Waals surface area contributed by atoms with Crippen LogP contribution in [-0.2, 0) is 31.3 Å². The molecular formula is C24H24ClN3O5S2. The Balaban J connectivity index is 1.50. The molecule has 0 fully saturated rings. The fraction of sp³-hybridized carbons (Fsp3) is 0.208. The highest BCUT2D eigenvalue weighted by molar-refractivity contribution is 7.92. The summed E-state index contributed by atoms with van der Waals surface area (Å²) in [6.45, 7) is 1.72. The number of hydrogen-bond acceptors (Lipinski definition) is 5. The van der Waals surface area contributed by atoms with Crippen LogP contribution in [0.1, 0.15) is 11.1 Å². The van der Waals surface area contributed by atoms with Crippen LogP contribution in [0.3, 0.4) is 0 Å². The highest BCUT2D eigenvalue weighted by Crippen LogP contribution is 2.35. The zero-order chi connectivity index (χ0) is 25.4. The second kappa shape index (κ2) is 9.62. The van der Waals surface area contributed by atoms with Gasteiger partial charge in [-0.2, -0.15) is 4.31 Å². The number of likely N-dealkylation sites (N-methyl/N-ethyl adjacent to an activating group) is 1. The van der Waals surface area contributed by atoms with Gasteiger partial charge in [-0.3, -0.25) is 9.10 Å². The number of carbonyl (C=O) groups excluding carboxylic acids is 1. The summed E-state index contributed by atoms with van der Waals surface area (Å²) >= 11 is 5.89. The van der Waals surface area contributed by atoms with E-state index in [9.17, 15) is 21.6 Å². The number of anilines is 2. The molecule has 0 atom stereocenters. The molecule has 0 unspecified atom stereocenters. The van der Waals surface area contributed by atoms with Crippen LogP contribution in [0.5, 0.6) is 0 Å². The van der Waals surface area contributed by atoms with Gasteiger partial charge in [0.15, 0.2) is 0 Å². The van der Waals surface area contributed by atoms with E-state index in [4.69, 9.17) is 11.6 Å². The molecule has 0 radical (unpaired) electrons. The predicted octanol–water partition coefficient (Wildman–Crippen LogP) is 3.66. The number of nitrogens with zero attached hydrogens (tertiary/aromatic N) is 2. The minimum atomic E-state index is -3.84. The monoisotopic (exact) mass is 533 g/mol. The summed E-state index contributed by atoms with van der Waals surface area (Å²) in [5.74, 6) is -0.548. The number of amides is 1. The third kappa shape index (κ3) is 5.20. The van der Waals surface area contributed by atoms with E-state index in [-0.39, 0.29) is 16.3 Å². The molecule has 3 aromatic carbocycles. The lowest BCUT2D eigenvalue weighted by Gasteiger charge is -2.21. The van der Waals surface area contributed by atoms with Gasteiger partial charge in [-0.15, -0.1) is 0 Å². The zero-order valence-corrected chi connectivity index (χ0v) is 21.5. The summed E-state index contributed by atoms with van der Waals surface area (Å²) in [6.07, 6.45) is 0.536. The Bertz CT molecular complexity index is 1470. The SMILES string of the molecule is Cc1ccc(S(=O)(=O)N(C)CC(=O)Nc2ccc3c(c2)N(S(=O)(=O)c2ccc(Cl)cc2)CC3)cc1. The van der Waals surface area contributed by atoms with Crippen molar-refractivity contribution in [2.24, 2.45) is 0 Å². The molecule has 35 heavy (non-hydrogen) atoms. The number of rotatable bonds is 7. The minimum Gasteiger partial charge on any atom is -0.325 e. The van der Waals surface area contributed by atoms with Crippen molar-refractivity contribution < 1.29 is 21.6 Å². The Labute approximate surface area is 210 Å². The summed E-state index contributed by atoms with van der Waals surface area (Å²) in [7, 11) is -6.32. The lowest BCUT2D eigenvalue weighted by molar-refractivity contribution is -0.116. The summed E-state index contributed by atoms with van der Waals surface area (Å²) in [4.78, 5) is 12.8. The highest BCUT2D eigenvalue weighted by Gasteiger charge is 2.31. The van der Waals surface area contributed by atoms with Gasteiger partial charge in [-0.1, -0.05) is 35.4 Å². The molecule has 0 saturated carbocycles. The van der Waals surface area contributed by atoms with Gasteiger partial charge in [-0.05, 0) is 67.4 Å². The average Bonchev–Trinajstić information content (AvgIpc) is 3.23. The molecule has 11 heteroatoms. The summed E-state index contributed by atoms with van der Waals surface area (Å²) < 4.78 is 54.1. The van der Waals surface area contributed by atoms with Crippen molar-refractivity contribution in [1.29, 1.82) is 0 Å². The first-order chi connectivity index (χ1) is 16.5. The number of nitrogens with one attached hydrogen (secondary N) is 1. The van der Waals surface area contributed by atoms with Crippen LogP contribution in [0.25, 0.3) is 0 Å². The number of fused-ring (bicyclic) bond motifs is 1. The normalized spacial score (nSPS) is 13.7. The van der Waals surface area contributed by atoms with E-state index in [1.807, 2.05) is 6.92 Å². The largest absolute Gasteiger partial charge is 0.325 e. The standard InChI is InChI=1S/C24H24ClN3O5S2/c1-17-3-9-21(10-4-17)34(30,31)27(2)16-24(29)26-20-8-5-18-13-14-28(23(18)15-20)35(32,33)22-11-6-19(25)7-12-22/h3-12,15H,13-14,16H2,1-2H3,(H,26,29). The minimum absolute atomic E-state index is 0.0963. The van der Waals surface area contributed by atoms with Crippen molar-refractivity contribution in [1.82, 2.24) is 4.31 Å². The van der Waals surface area contributed by atoms with Crippen LogP contribution >= 0.6 is 11.6 Å². The van der Waals surface area contributed by atoms with Gasteiger partial charge in [0.25, 0.3) is 10.0 Å². The Morgan fingerprint density at radius 2 is 1.60 bits per heavy atom. The van der Waals surface area contributed by atoms with Crippen LogP contribution in [0, 0.1) is 6.92 Å². The van der Waals surface area contributed by atoms with Gasteiger partial charge < -0.3 is 5.32 Å². The van der Waals surface area contributed by atoms with Crippen LogP contribution in [0.15, 0.2) is 76.5 Å². The number of benzene rings is 3. The van der Waals surface area contributed by atoms with Crippen molar-refractivity contribution in [3.63, 3.8) is 0 Å². The summed E-state index contributed by atoms with van der Waals surface area (Å²) in [5.41, 5.74) is 2.60. The number of aryl methyl sites for hydroxylation is 1. The Morgan fingerprint density at radius 1 is 0.971 bits per heavy atom. The molecule has 1 amide bonds. The quantitative estimate of drug-likeness (QED) is 0.499. The molecule has 1 heterocycles.